The van der Waals surface area contributed by atoms with Gasteiger partial charge in [0, 0.05) is 5.56 Å². The highest BCUT2D eigenvalue weighted by atomic mass is 16.1. The van der Waals surface area contributed by atoms with Crippen molar-refractivity contribution in [3.8, 4) is 0 Å². The average Bonchev–Trinajstić information content (AvgIpc) is 2.27. The van der Waals surface area contributed by atoms with Gasteiger partial charge in [-0.15, -0.1) is 0 Å². The number of nitrogens with two attached hydrogens (primary N) is 1. The first-order valence-corrected chi connectivity index (χ1v) is 5.75. The molecule has 3 heteroatoms. The van der Waals surface area contributed by atoms with E-state index in [-0.39, 0.29) is 5.91 Å². The first kappa shape index (κ1) is 13.5. The molecule has 1 rings (SSSR count). The molecule has 0 aliphatic rings. The number of carbonyl (C=O) groups excluding carboxylic acids is 1. The Kier molecular flexibility index (Phi) is 4.46. The van der Waals surface area contributed by atoms with Gasteiger partial charge in [-0.2, -0.15) is 0 Å². The third-order valence-electron chi connectivity index (χ3n) is 2.79. The summed E-state index contributed by atoms with van der Waals surface area (Å²) in [5.41, 5.74) is 7.55. The van der Waals surface area contributed by atoms with Crippen molar-refractivity contribution in [1.82, 2.24) is 0 Å². The summed E-state index contributed by atoms with van der Waals surface area (Å²) in [5, 5.41) is 0. The second kappa shape index (κ2) is 5.64. The Hall–Kier alpha value is -1.61. The van der Waals surface area contributed by atoms with E-state index in [1.165, 1.54) is 5.56 Å². The van der Waals surface area contributed by atoms with Crippen molar-refractivity contribution in [3.05, 3.63) is 42.0 Å². The molecule has 0 aromatic heterocycles. The summed E-state index contributed by atoms with van der Waals surface area (Å²) in [4.78, 5) is 10.8. The zero-order chi connectivity index (χ0) is 12.9. The average molecular weight is 233 g/mol. The van der Waals surface area contributed by atoms with Crippen molar-refractivity contribution < 1.29 is 9.28 Å². The summed E-state index contributed by atoms with van der Waals surface area (Å²) in [6.07, 6.45) is 2.26. The van der Waals surface area contributed by atoms with E-state index in [0.29, 0.717) is 6.42 Å². The second-order valence-corrected chi connectivity index (χ2v) is 4.98. The highest BCUT2D eigenvalue weighted by Crippen LogP contribution is 2.12. The van der Waals surface area contributed by atoms with Gasteiger partial charge in [0.15, 0.2) is 0 Å². The van der Waals surface area contributed by atoms with Gasteiger partial charge in [-0.05, 0) is 5.56 Å². The monoisotopic (exact) mass is 233 g/mol. The minimum atomic E-state index is -0.238. The molecule has 1 aromatic carbocycles. The first-order chi connectivity index (χ1) is 7.93. The number of hydrogen-bond acceptors (Lipinski definition) is 1. The fourth-order valence-corrected chi connectivity index (χ4v) is 1.75. The van der Waals surface area contributed by atoms with E-state index in [1.807, 2.05) is 6.08 Å². The number of amides is 1. The van der Waals surface area contributed by atoms with E-state index >= 15 is 0 Å². The first-order valence-electron chi connectivity index (χ1n) is 5.75. The summed E-state index contributed by atoms with van der Waals surface area (Å²) in [6.45, 7) is 5.38. The molecule has 0 atom stereocenters. The van der Waals surface area contributed by atoms with Crippen molar-refractivity contribution in [1.29, 1.82) is 0 Å². The molecule has 1 aromatic rings. The number of primary amides is 1. The molecule has 0 fully saturated rings. The van der Waals surface area contributed by atoms with Gasteiger partial charge in [-0.25, -0.2) is 0 Å². The van der Waals surface area contributed by atoms with Gasteiger partial charge in [-0.3, -0.25) is 4.79 Å². The van der Waals surface area contributed by atoms with Gasteiger partial charge in [0.2, 0.25) is 5.91 Å². The lowest BCUT2D eigenvalue weighted by atomic mass is 10.1. The molecule has 3 nitrogen and oxygen atoms in total. The third-order valence-corrected chi connectivity index (χ3v) is 2.79. The summed E-state index contributed by atoms with van der Waals surface area (Å²) < 4.78 is 0.760. The number of benzene rings is 1. The Morgan fingerprint density at radius 2 is 1.94 bits per heavy atom. The van der Waals surface area contributed by atoms with Crippen molar-refractivity contribution >= 4 is 12.0 Å². The molecule has 0 aliphatic carbocycles. The maximum absolute atomic E-state index is 10.8. The highest BCUT2D eigenvalue weighted by Gasteiger charge is 2.16. The van der Waals surface area contributed by atoms with Gasteiger partial charge in [0.05, 0.1) is 27.1 Å². The van der Waals surface area contributed by atoms with Crippen LogP contribution in [-0.4, -0.2) is 31.0 Å². The lowest BCUT2D eigenvalue weighted by Crippen LogP contribution is -2.41. The summed E-state index contributed by atoms with van der Waals surface area (Å²) in [6, 6.07) is 8.30. The molecular formula is C14H21N2O+. The second-order valence-electron chi connectivity index (χ2n) is 4.98. The van der Waals surface area contributed by atoms with Gasteiger partial charge in [0.1, 0.15) is 6.54 Å². The molecule has 0 bridgehead atoms. The Morgan fingerprint density at radius 3 is 2.41 bits per heavy atom. The van der Waals surface area contributed by atoms with E-state index in [2.05, 4.69) is 44.9 Å². The smallest absolute Gasteiger partial charge is 0.223 e. The Bertz CT molecular complexity index is 393. The van der Waals surface area contributed by atoms with Crippen LogP contribution < -0.4 is 5.73 Å². The molecule has 0 spiro atoms. The van der Waals surface area contributed by atoms with Gasteiger partial charge in [0.25, 0.3) is 0 Å². The molecule has 1 amide bonds. The largest absolute Gasteiger partial charge is 0.369 e. The number of quaternary nitrogens is 1. The number of carbonyl (C=O) groups is 1. The van der Waals surface area contributed by atoms with E-state index < -0.39 is 0 Å². The molecule has 0 radical (unpaired) electrons. The maximum Gasteiger partial charge on any atom is 0.223 e. The third kappa shape index (κ3) is 4.83. The summed E-state index contributed by atoms with van der Waals surface area (Å²) in [5.74, 6) is -0.238. The van der Waals surface area contributed by atoms with Crippen LogP contribution in [-0.2, 0) is 11.3 Å². The van der Waals surface area contributed by atoms with Crippen LogP contribution in [0.3, 0.4) is 0 Å². The van der Waals surface area contributed by atoms with Crippen LogP contribution in [0.4, 0.5) is 0 Å². The van der Waals surface area contributed by atoms with Gasteiger partial charge >= 0.3 is 0 Å². The zero-order valence-electron chi connectivity index (χ0n) is 10.6. The Balaban J connectivity index is 2.61. The summed E-state index contributed by atoms with van der Waals surface area (Å²) in [7, 11) is 4.20. The molecule has 2 N–H and O–H groups in total. The maximum atomic E-state index is 10.8. The molecule has 0 saturated carbocycles. The van der Waals surface area contributed by atoms with Crippen LogP contribution in [0, 0.1) is 0 Å². The van der Waals surface area contributed by atoms with Crippen LogP contribution in [0.1, 0.15) is 17.5 Å². The molecule has 0 unspecified atom stereocenters. The number of hydrogen-bond donors (Lipinski definition) is 1. The lowest BCUT2D eigenvalue weighted by Gasteiger charge is -2.29. The van der Waals surface area contributed by atoms with Gasteiger partial charge in [-0.1, -0.05) is 36.9 Å². The fourth-order valence-electron chi connectivity index (χ4n) is 1.75. The van der Waals surface area contributed by atoms with Gasteiger partial charge < -0.3 is 10.2 Å². The standard InChI is InChI=1S/C14H20N2O/c1-4-12-5-7-13(8-6-12)11-16(2,3)10-9-14(15)17/h4-8H,1,9-11H2,2-3H3,(H-,15,17)/p+1. The van der Waals surface area contributed by atoms with Crippen molar-refractivity contribution in [3.63, 3.8) is 0 Å². The van der Waals surface area contributed by atoms with E-state index in [0.717, 1.165) is 23.1 Å². The lowest BCUT2D eigenvalue weighted by molar-refractivity contribution is -0.903. The molecule has 0 heterocycles. The SMILES string of the molecule is C=Cc1ccc(C[N+](C)(C)CCC(N)=O)cc1. The number of nitrogens with zero attached hydrogens (tertiary/aromatic N) is 1. The Morgan fingerprint density at radius 1 is 1.35 bits per heavy atom. The van der Waals surface area contributed by atoms with Crippen LogP contribution in [0.25, 0.3) is 6.08 Å². The van der Waals surface area contributed by atoms with E-state index in [1.54, 1.807) is 0 Å². The van der Waals surface area contributed by atoms with Crippen LogP contribution in [0.2, 0.25) is 0 Å². The normalized spacial score (nSPS) is 11.2. The topological polar surface area (TPSA) is 43.1 Å². The van der Waals surface area contributed by atoms with Crippen LogP contribution >= 0.6 is 0 Å². The minimum absolute atomic E-state index is 0.238. The zero-order valence-corrected chi connectivity index (χ0v) is 10.6. The van der Waals surface area contributed by atoms with Crippen molar-refractivity contribution in [2.75, 3.05) is 20.6 Å². The summed E-state index contributed by atoms with van der Waals surface area (Å²) >= 11 is 0. The fraction of sp³-hybridized carbons (Fsp3) is 0.357. The quantitative estimate of drug-likeness (QED) is 0.748. The number of rotatable bonds is 6. The van der Waals surface area contributed by atoms with Crippen molar-refractivity contribution in [2.45, 2.75) is 13.0 Å². The predicted octanol–water partition coefficient (Wildman–Crippen LogP) is 1.78. The molecule has 17 heavy (non-hydrogen) atoms. The highest BCUT2D eigenvalue weighted by molar-refractivity contribution is 5.73. The van der Waals surface area contributed by atoms with Crippen LogP contribution in [0.15, 0.2) is 30.8 Å². The van der Waals surface area contributed by atoms with E-state index in [9.17, 15) is 4.79 Å². The van der Waals surface area contributed by atoms with E-state index in [4.69, 9.17) is 5.73 Å². The molecule has 0 aliphatic heterocycles. The minimum Gasteiger partial charge on any atom is -0.369 e. The Labute approximate surface area is 103 Å². The van der Waals surface area contributed by atoms with Crippen LogP contribution in [0.5, 0.6) is 0 Å². The van der Waals surface area contributed by atoms with Crippen molar-refractivity contribution in [2.24, 2.45) is 5.73 Å². The molecule has 0 saturated heterocycles. The molecular weight excluding hydrogens is 212 g/mol. The molecule has 92 valence electrons. The predicted molar refractivity (Wildman–Crippen MR) is 71.0 cm³/mol.